The van der Waals surface area contributed by atoms with Crippen LogP contribution < -0.4 is 0 Å². The van der Waals surface area contributed by atoms with Gasteiger partial charge in [-0.25, -0.2) is 0 Å². The zero-order valence-corrected chi connectivity index (χ0v) is 8.80. The van der Waals surface area contributed by atoms with E-state index >= 15 is 0 Å². The lowest BCUT2D eigenvalue weighted by atomic mass is 9.54. The van der Waals surface area contributed by atoms with E-state index in [-0.39, 0.29) is 0 Å². The first kappa shape index (κ1) is 9.76. The van der Waals surface area contributed by atoms with E-state index in [0.29, 0.717) is 5.41 Å². The van der Waals surface area contributed by atoms with Gasteiger partial charge in [-0.3, -0.25) is 0 Å². The van der Waals surface area contributed by atoms with Crippen LogP contribution in [0.5, 0.6) is 0 Å². The van der Waals surface area contributed by atoms with Gasteiger partial charge in [-0.2, -0.15) is 0 Å². The van der Waals surface area contributed by atoms with Gasteiger partial charge in [0.1, 0.15) is 0 Å². The molecule has 1 nitrogen and oxygen atoms in total. The maximum absolute atomic E-state index is 4.01. The summed E-state index contributed by atoms with van der Waals surface area (Å²) in [6.07, 6.45) is 5.95. The van der Waals surface area contributed by atoms with Crippen LogP contribution in [0.1, 0.15) is 40.0 Å². The minimum atomic E-state index is 0.585. The molecule has 0 amide bonds. The van der Waals surface area contributed by atoms with Crippen molar-refractivity contribution >= 4 is 6.21 Å². The normalized spacial score (nSPS) is 33.7. The van der Waals surface area contributed by atoms with E-state index in [1.165, 1.54) is 12.8 Å². The number of nitrogens with zero attached hydrogens (tertiary/aromatic N) is 1. The molecule has 0 radical (unpaired) electrons. The number of hydrogen-bond donors (Lipinski definition) is 0. The standard InChI is InChI=1S/C11H21N/c1-9-8-10(11(9,2)3)6-5-7-12-4/h7,9-10H,5-6,8H2,1-4H3. The van der Waals surface area contributed by atoms with Crippen LogP contribution in [0.2, 0.25) is 0 Å². The second kappa shape index (κ2) is 3.59. The highest BCUT2D eigenvalue weighted by atomic mass is 14.6. The molecule has 1 fully saturated rings. The second-order valence-corrected chi connectivity index (χ2v) is 4.67. The van der Waals surface area contributed by atoms with Gasteiger partial charge in [0, 0.05) is 7.05 Å². The Balaban J connectivity index is 2.27. The van der Waals surface area contributed by atoms with Crippen molar-refractivity contribution in [1.82, 2.24) is 0 Å². The predicted octanol–water partition coefficient (Wildman–Crippen LogP) is 3.15. The van der Waals surface area contributed by atoms with Crippen LogP contribution in [0.3, 0.4) is 0 Å². The smallest absolute Gasteiger partial charge is 0.0273 e. The molecule has 2 atom stereocenters. The summed E-state index contributed by atoms with van der Waals surface area (Å²) in [4.78, 5) is 4.01. The molecule has 0 aromatic heterocycles. The third kappa shape index (κ3) is 1.70. The van der Waals surface area contributed by atoms with Gasteiger partial charge < -0.3 is 4.99 Å². The Bertz CT molecular complexity index is 170. The molecule has 0 bridgehead atoms. The topological polar surface area (TPSA) is 12.4 Å². The first-order valence-corrected chi connectivity index (χ1v) is 4.99. The molecule has 1 heteroatoms. The van der Waals surface area contributed by atoms with Gasteiger partial charge in [0.25, 0.3) is 0 Å². The van der Waals surface area contributed by atoms with Crippen molar-refractivity contribution < 1.29 is 0 Å². The third-order valence-electron chi connectivity index (χ3n) is 3.79. The molecule has 12 heavy (non-hydrogen) atoms. The van der Waals surface area contributed by atoms with Crippen LogP contribution in [0.25, 0.3) is 0 Å². The largest absolute Gasteiger partial charge is 0.301 e. The van der Waals surface area contributed by atoms with E-state index in [4.69, 9.17) is 0 Å². The molecule has 0 aromatic carbocycles. The summed E-state index contributed by atoms with van der Waals surface area (Å²) >= 11 is 0. The number of hydrogen-bond acceptors (Lipinski definition) is 1. The Morgan fingerprint density at radius 3 is 2.58 bits per heavy atom. The monoisotopic (exact) mass is 167 g/mol. The fourth-order valence-corrected chi connectivity index (χ4v) is 2.17. The SMILES string of the molecule is CN=CCCC1CC(C)C1(C)C. The van der Waals surface area contributed by atoms with E-state index in [2.05, 4.69) is 25.8 Å². The van der Waals surface area contributed by atoms with Gasteiger partial charge in [-0.1, -0.05) is 20.8 Å². The average Bonchev–Trinajstić information content (AvgIpc) is 2.04. The predicted molar refractivity (Wildman–Crippen MR) is 54.7 cm³/mol. The van der Waals surface area contributed by atoms with Crippen LogP contribution >= 0.6 is 0 Å². The lowest BCUT2D eigenvalue weighted by molar-refractivity contribution is -0.0115. The van der Waals surface area contributed by atoms with E-state index in [1.54, 1.807) is 0 Å². The molecular formula is C11H21N. The Labute approximate surface area is 76.3 Å². The van der Waals surface area contributed by atoms with Crippen molar-refractivity contribution in [3.05, 3.63) is 0 Å². The van der Waals surface area contributed by atoms with Gasteiger partial charge in [-0.05, 0) is 42.7 Å². The van der Waals surface area contributed by atoms with Gasteiger partial charge >= 0.3 is 0 Å². The van der Waals surface area contributed by atoms with Gasteiger partial charge in [0.05, 0.1) is 0 Å². The summed E-state index contributed by atoms with van der Waals surface area (Å²) in [5.74, 6) is 1.85. The molecular weight excluding hydrogens is 146 g/mol. The summed E-state index contributed by atoms with van der Waals surface area (Å²) < 4.78 is 0. The summed E-state index contributed by atoms with van der Waals surface area (Å²) in [5, 5.41) is 0. The lowest BCUT2D eigenvalue weighted by Crippen LogP contribution is -2.43. The van der Waals surface area contributed by atoms with Crippen LogP contribution in [0.4, 0.5) is 0 Å². The molecule has 0 heterocycles. The minimum Gasteiger partial charge on any atom is -0.301 e. The van der Waals surface area contributed by atoms with E-state index < -0.39 is 0 Å². The van der Waals surface area contributed by atoms with Gasteiger partial charge in [0.2, 0.25) is 0 Å². The summed E-state index contributed by atoms with van der Waals surface area (Å²) in [7, 11) is 1.86. The highest BCUT2D eigenvalue weighted by Crippen LogP contribution is 2.52. The molecule has 0 N–H and O–H groups in total. The Hall–Kier alpha value is -0.330. The van der Waals surface area contributed by atoms with Crippen molar-refractivity contribution in [2.75, 3.05) is 7.05 Å². The van der Waals surface area contributed by atoms with Crippen molar-refractivity contribution in [3.8, 4) is 0 Å². The molecule has 0 aliphatic heterocycles. The molecule has 1 aliphatic rings. The summed E-state index contributed by atoms with van der Waals surface area (Å²) in [5.41, 5.74) is 0.585. The number of rotatable bonds is 3. The van der Waals surface area contributed by atoms with Crippen LogP contribution in [-0.4, -0.2) is 13.3 Å². The van der Waals surface area contributed by atoms with E-state index in [0.717, 1.165) is 18.3 Å². The van der Waals surface area contributed by atoms with Crippen LogP contribution in [-0.2, 0) is 0 Å². The van der Waals surface area contributed by atoms with Crippen LogP contribution in [0, 0.1) is 17.3 Å². The summed E-state index contributed by atoms with van der Waals surface area (Å²) in [6, 6.07) is 0. The van der Waals surface area contributed by atoms with Gasteiger partial charge in [-0.15, -0.1) is 0 Å². The van der Waals surface area contributed by atoms with Crippen LogP contribution in [0.15, 0.2) is 4.99 Å². The average molecular weight is 167 g/mol. The fraction of sp³-hybridized carbons (Fsp3) is 0.909. The molecule has 0 aromatic rings. The maximum Gasteiger partial charge on any atom is 0.0273 e. The quantitative estimate of drug-likeness (QED) is 0.573. The Morgan fingerprint density at radius 2 is 2.17 bits per heavy atom. The Morgan fingerprint density at radius 1 is 1.50 bits per heavy atom. The summed E-state index contributed by atoms with van der Waals surface area (Å²) in [6.45, 7) is 7.16. The highest BCUT2D eigenvalue weighted by molar-refractivity contribution is 5.56. The first-order chi connectivity index (χ1) is 5.59. The molecule has 1 rings (SSSR count). The first-order valence-electron chi connectivity index (χ1n) is 4.99. The molecule has 0 spiro atoms. The highest BCUT2D eigenvalue weighted by Gasteiger charge is 2.44. The molecule has 70 valence electrons. The third-order valence-corrected chi connectivity index (χ3v) is 3.79. The molecule has 0 saturated heterocycles. The zero-order chi connectivity index (χ0) is 9.19. The lowest BCUT2D eigenvalue weighted by Gasteiger charge is -2.51. The second-order valence-electron chi connectivity index (χ2n) is 4.67. The maximum atomic E-state index is 4.01. The Kier molecular flexibility index (Phi) is 2.92. The minimum absolute atomic E-state index is 0.585. The molecule has 1 aliphatic carbocycles. The van der Waals surface area contributed by atoms with E-state index in [9.17, 15) is 0 Å². The van der Waals surface area contributed by atoms with Gasteiger partial charge in [0.15, 0.2) is 0 Å². The molecule has 1 saturated carbocycles. The number of aliphatic imine (C=N–C) groups is 1. The van der Waals surface area contributed by atoms with E-state index in [1.807, 2.05) is 13.3 Å². The zero-order valence-electron chi connectivity index (χ0n) is 8.80. The van der Waals surface area contributed by atoms with Crippen molar-refractivity contribution in [3.63, 3.8) is 0 Å². The van der Waals surface area contributed by atoms with Crippen molar-refractivity contribution in [1.29, 1.82) is 0 Å². The van der Waals surface area contributed by atoms with Crippen molar-refractivity contribution in [2.24, 2.45) is 22.2 Å². The van der Waals surface area contributed by atoms with Crippen molar-refractivity contribution in [2.45, 2.75) is 40.0 Å². The molecule has 2 unspecified atom stereocenters. The fourth-order valence-electron chi connectivity index (χ4n) is 2.17.